The van der Waals surface area contributed by atoms with Gasteiger partial charge in [0.1, 0.15) is 0 Å². The molecular weight excluding hydrogens is 264 g/mol. The molecule has 114 valence electrons. The van der Waals surface area contributed by atoms with E-state index in [1.807, 2.05) is 0 Å². The lowest BCUT2D eigenvalue weighted by Crippen LogP contribution is -2.32. The quantitative estimate of drug-likeness (QED) is 0.628. The Bertz CT molecular complexity index is 325. The zero-order chi connectivity index (χ0) is 14.1. The number of sulfonamides is 1. The number of ether oxygens (including phenoxy) is 1. The number of rotatable bonds is 9. The maximum atomic E-state index is 11.7. The van der Waals surface area contributed by atoms with Gasteiger partial charge in [-0.05, 0) is 38.6 Å². The van der Waals surface area contributed by atoms with Crippen LogP contribution in [-0.2, 0) is 14.8 Å². The molecular formula is C13H28N2O3S. The molecule has 0 saturated carbocycles. The Morgan fingerprint density at radius 1 is 1.26 bits per heavy atom. The number of hydrogen-bond acceptors (Lipinski definition) is 4. The first kappa shape index (κ1) is 16.9. The molecule has 1 aliphatic rings. The largest absolute Gasteiger partial charge is 0.378 e. The second kappa shape index (κ2) is 8.89. The minimum Gasteiger partial charge on any atom is -0.378 e. The molecule has 1 atom stereocenters. The van der Waals surface area contributed by atoms with Crippen LogP contribution in [0.4, 0.5) is 0 Å². The lowest BCUT2D eigenvalue weighted by Gasteiger charge is -2.22. The van der Waals surface area contributed by atoms with Crippen molar-refractivity contribution in [2.45, 2.75) is 58.1 Å². The van der Waals surface area contributed by atoms with Crippen molar-refractivity contribution < 1.29 is 13.2 Å². The van der Waals surface area contributed by atoms with Crippen LogP contribution >= 0.6 is 0 Å². The van der Waals surface area contributed by atoms with E-state index in [9.17, 15) is 8.42 Å². The van der Waals surface area contributed by atoms with E-state index < -0.39 is 10.0 Å². The smallest absolute Gasteiger partial charge is 0.211 e. The third-order valence-corrected chi connectivity index (χ3v) is 4.67. The molecule has 1 saturated heterocycles. The van der Waals surface area contributed by atoms with E-state index in [1.54, 1.807) is 0 Å². The highest BCUT2D eigenvalue weighted by atomic mass is 32.2. The Morgan fingerprint density at radius 3 is 2.68 bits per heavy atom. The van der Waals surface area contributed by atoms with Gasteiger partial charge in [0.05, 0.1) is 11.9 Å². The predicted octanol–water partition coefficient (Wildman–Crippen LogP) is 1.25. The highest BCUT2D eigenvalue weighted by Crippen LogP contribution is 2.14. The summed E-state index contributed by atoms with van der Waals surface area (Å²) in [6, 6.07) is 0.402. The second-order valence-electron chi connectivity index (χ2n) is 5.45. The summed E-state index contributed by atoms with van der Waals surface area (Å²) in [6.07, 6.45) is 5.04. The summed E-state index contributed by atoms with van der Waals surface area (Å²) in [5.74, 6) is 0.193. The first-order valence-electron chi connectivity index (χ1n) is 7.32. The zero-order valence-electron chi connectivity index (χ0n) is 12.2. The first-order chi connectivity index (χ1) is 8.99. The SMILES string of the molecule is CC(C)NCCCS(=O)(=O)NCCC1CCCCO1. The van der Waals surface area contributed by atoms with Gasteiger partial charge >= 0.3 is 0 Å². The third kappa shape index (κ3) is 8.57. The average Bonchev–Trinajstić information content (AvgIpc) is 2.36. The zero-order valence-corrected chi connectivity index (χ0v) is 13.0. The highest BCUT2D eigenvalue weighted by Gasteiger charge is 2.15. The summed E-state index contributed by atoms with van der Waals surface area (Å²) < 4.78 is 31.7. The number of nitrogens with one attached hydrogen (secondary N) is 2. The van der Waals surface area contributed by atoms with Crippen LogP contribution in [0.5, 0.6) is 0 Å². The normalized spacial score (nSPS) is 20.9. The van der Waals surface area contributed by atoms with Crippen molar-refractivity contribution in [2.24, 2.45) is 0 Å². The Morgan fingerprint density at radius 2 is 2.05 bits per heavy atom. The van der Waals surface area contributed by atoms with Gasteiger partial charge in [0.25, 0.3) is 0 Å². The van der Waals surface area contributed by atoms with E-state index in [4.69, 9.17) is 4.74 Å². The summed E-state index contributed by atoms with van der Waals surface area (Å²) in [7, 11) is -3.13. The first-order valence-corrected chi connectivity index (χ1v) is 8.97. The predicted molar refractivity (Wildman–Crippen MR) is 77.8 cm³/mol. The molecule has 0 radical (unpaired) electrons. The molecule has 1 rings (SSSR count). The van der Waals surface area contributed by atoms with E-state index in [2.05, 4.69) is 23.9 Å². The van der Waals surface area contributed by atoms with E-state index in [0.29, 0.717) is 19.0 Å². The van der Waals surface area contributed by atoms with Crippen LogP contribution < -0.4 is 10.0 Å². The van der Waals surface area contributed by atoms with Crippen LogP contribution in [0.25, 0.3) is 0 Å². The van der Waals surface area contributed by atoms with Crippen LogP contribution in [0, 0.1) is 0 Å². The Balaban J connectivity index is 2.08. The standard InChI is InChI=1S/C13H28N2O3S/c1-12(2)14-8-5-11-19(16,17)15-9-7-13-6-3-4-10-18-13/h12-15H,3-11H2,1-2H3. The van der Waals surface area contributed by atoms with Gasteiger partial charge in [-0.15, -0.1) is 0 Å². The van der Waals surface area contributed by atoms with Gasteiger partial charge in [0.2, 0.25) is 10.0 Å². The van der Waals surface area contributed by atoms with Gasteiger partial charge in [0, 0.05) is 19.2 Å². The van der Waals surface area contributed by atoms with Crippen molar-refractivity contribution >= 4 is 10.0 Å². The van der Waals surface area contributed by atoms with Crippen LogP contribution in [0.3, 0.4) is 0 Å². The van der Waals surface area contributed by atoms with Gasteiger partial charge in [0.15, 0.2) is 0 Å². The summed E-state index contributed by atoms with van der Waals surface area (Å²) in [5, 5.41) is 3.21. The van der Waals surface area contributed by atoms with E-state index in [-0.39, 0.29) is 11.9 Å². The maximum Gasteiger partial charge on any atom is 0.211 e. The third-order valence-electron chi connectivity index (χ3n) is 3.20. The lowest BCUT2D eigenvalue weighted by atomic mass is 10.1. The van der Waals surface area contributed by atoms with Crippen LogP contribution in [0.15, 0.2) is 0 Å². The van der Waals surface area contributed by atoms with Gasteiger partial charge in [-0.3, -0.25) is 0 Å². The van der Waals surface area contributed by atoms with E-state index >= 15 is 0 Å². The average molecular weight is 292 g/mol. The molecule has 0 spiro atoms. The topological polar surface area (TPSA) is 67.4 Å². The van der Waals surface area contributed by atoms with Crippen molar-refractivity contribution in [1.29, 1.82) is 0 Å². The fourth-order valence-corrected chi connectivity index (χ4v) is 3.23. The molecule has 0 amide bonds. The molecule has 1 aliphatic heterocycles. The number of hydrogen-bond donors (Lipinski definition) is 2. The van der Waals surface area contributed by atoms with Crippen molar-refractivity contribution in [3.05, 3.63) is 0 Å². The molecule has 0 aromatic carbocycles. The Kier molecular flexibility index (Phi) is 7.90. The van der Waals surface area contributed by atoms with Gasteiger partial charge < -0.3 is 10.1 Å². The molecule has 1 heterocycles. The molecule has 0 aromatic rings. The fraction of sp³-hybridized carbons (Fsp3) is 1.00. The Labute approximate surface area is 117 Å². The molecule has 2 N–H and O–H groups in total. The second-order valence-corrected chi connectivity index (χ2v) is 7.38. The lowest BCUT2D eigenvalue weighted by molar-refractivity contribution is 0.0123. The molecule has 6 heteroatoms. The van der Waals surface area contributed by atoms with E-state index in [0.717, 1.165) is 32.4 Å². The highest BCUT2D eigenvalue weighted by molar-refractivity contribution is 7.89. The van der Waals surface area contributed by atoms with Gasteiger partial charge in [-0.2, -0.15) is 0 Å². The van der Waals surface area contributed by atoms with E-state index in [1.165, 1.54) is 6.42 Å². The molecule has 1 fully saturated rings. The monoisotopic (exact) mass is 292 g/mol. The molecule has 0 bridgehead atoms. The summed E-state index contributed by atoms with van der Waals surface area (Å²) in [4.78, 5) is 0. The minimum atomic E-state index is -3.13. The summed E-state index contributed by atoms with van der Waals surface area (Å²) in [6.45, 7) is 6.15. The molecule has 5 nitrogen and oxygen atoms in total. The molecule has 0 aliphatic carbocycles. The van der Waals surface area contributed by atoms with Crippen molar-refractivity contribution in [1.82, 2.24) is 10.0 Å². The van der Waals surface area contributed by atoms with Gasteiger partial charge in [-0.1, -0.05) is 13.8 Å². The van der Waals surface area contributed by atoms with Crippen LogP contribution in [0.2, 0.25) is 0 Å². The van der Waals surface area contributed by atoms with Crippen molar-refractivity contribution in [3.63, 3.8) is 0 Å². The van der Waals surface area contributed by atoms with Crippen LogP contribution in [-0.4, -0.2) is 46.0 Å². The summed E-state index contributed by atoms with van der Waals surface area (Å²) >= 11 is 0. The molecule has 19 heavy (non-hydrogen) atoms. The minimum absolute atomic E-state index is 0.193. The van der Waals surface area contributed by atoms with Crippen LogP contribution in [0.1, 0.15) is 46.0 Å². The van der Waals surface area contributed by atoms with Gasteiger partial charge in [-0.25, -0.2) is 13.1 Å². The molecule has 1 unspecified atom stereocenters. The fourth-order valence-electron chi connectivity index (χ4n) is 2.14. The summed E-state index contributed by atoms with van der Waals surface area (Å²) in [5.41, 5.74) is 0. The van der Waals surface area contributed by atoms with Crippen molar-refractivity contribution in [2.75, 3.05) is 25.4 Å². The Hall–Kier alpha value is -0.170. The molecule has 0 aromatic heterocycles. The van der Waals surface area contributed by atoms with Crippen molar-refractivity contribution in [3.8, 4) is 0 Å². The maximum absolute atomic E-state index is 11.7.